The van der Waals surface area contributed by atoms with Gasteiger partial charge >= 0.3 is 0 Å². The quantitative estimate of drug-likeness (QED) is 0.916. The van der Waals surface area contributed by atoms with Crippen molar-refractivity contribution in [3.05, 3.63) is 22.8 Å². The molecule has 0 unspecified atom stereocenters. The highest BCUT2D eigenvalue weighted by Crippen LogP contribution is 2.29. The van der Waals surface area contributed by atoms with Gasteiger partial charge in [-0.2, -0.15) is 0 Å². The Morgan fingerprint density at radius 3 is 3.00 bits per heavy atom. The molecule has 1 aliphatic rings. The van der Waals surface area contributed by atoms with E-state index in [2.05, 4.69) is 26.2 Å². The summed E-state index contributed by atoms with van der Waals surface area (Å²) >= 11 is 3.34. The average Bonchev–Trinajstić information content (AvgIpc) is 2.16. The Kier molecular flexibility index (Phi) is 3.36. The number of anilines is 1. The highest BCUT2D eigenvalue weighted by atomic mass is 79.9. The maximum Gasteiger partial charge on any atom is 0.225 e. The van der Waals surface area contributed by atoms with Gasteiger partial charge in [0.2, 0.25) is 5.91 Å². The Morgan fingerprint density at radius 2 is 2.40 bits per heavy atom. The van der Waals surface area contributed by atoms with Crippen LogP contribution in [0.3, 0.4) is 0 Å². The molecule has 4 heteroatoms. The Hall–Kier alpha value is -0.900. The second-order valence-corrected chi connectivity index (χ2v) is 4.74. The summed E-state index contributed by atoms with van der Waals surface area (Å²) in [7, 11) is 0. The number of rotatable bonds is 3. The molecule has 3 nitrogen and oxygen atoms in total. The number of nitrogens with zero attached hydrogens (tertiary/aromatic N) is 1. The molecular weight excluding hydrogens is 256 g/mol. The van der Waals surface area contributed by atoms with Gasteiger partial charge < -0.3 is 5.32 Å². The van der Waals surface area contributed by atoms with E-state index in [-0.39, 0.29) is 5.91 Å². The zero-order valence-corrected chi connectivity index (χ0v) is 9.96. The molecule has 0 spiro atoms. The minimum absolute atomic E-state index is 0.0686. The Labute approximate surface area is 97.4 Å². The van der Waals surface area contributed by atoms with Crippen LogP contribution in [-0.4, -0.2) is 10.9 Å². The number of halogens is 1. The molecule has 0 aliphatic heterocycles. The van der Waals surface area contributed by atoms with E-state index in [4.69, 9.17) is 0 Å². The normalized spacial score (nSPS) is 15.8. The third kappa shape index (κ3) is 2.78. The number of carbonyl (C=O) groups is 1. The molecule has 0 atom stereocenters. The van der Waals surface area contributed by atoms with E-state index in [1.807, 2.05) is 12.1 Å². The van der Waals surface area contributed by atoms with Gasteiger partial charge in [-0.1, -0.05) is 6.42 Å². The molecule has 0 aromatic carbocycles. The summed E-state index contributed by atoms with van der Waals surface area (Å²) in [5.41, 5.74) is 0. The summed E-state index contributed by atoms with van der Waals surface area (Å²) in [4.78, 5) is 15.7. The van der Waals surface area contributed by atoms with Crippen molar-refractivity contribution in [2.75, 3.05) is 5.32 Å². The van der Waals surface area contributed by atoms with Crippen molar-refractivity contribution in [2.45, 2.75) is 25.7 Å². The van der Waals surface area contributed by atoms with Gasteiger partial charge in [0.05, 0.1) is 4.47 Å². The van der Waals surface area contributed by atoms with Crippen LogP contribution in [0.1, 0.15) is 25.7 Å². The van der Waals surface area contributed by atoms with Gasteiger partial charge in [0.25, 0.3) is 0 Å². The number of hydrogen-bond donors (Lipinski definition) is 1. The lowest BCUT2D eigenvalue weighted by Gasteiger charge is -2.24. The van der Waals surface area contributed by atoms with E-state index in [0.717, 1.165) is 4.47 Å². The first-order valence-electron chi connectivity index (χ1n) is 5.16. The van der Waals surface area contributed by atoms with Crippen molar-refractivity contribution in [1.29, 1.82) is 0 Å². The smallest absolute Gasteiger partial charge is 0.225 e. The van der Waals surface area contributed by atoms with E-state index in [1.54, 1.807) is 6.20 Å². The lowest BCUT2D eigenvalue weighted by Crippen LogP contribution is -2.21. The highest BCUT2D eigenvalue weighted by molar-refractivity contribution is 9.10. The van der Waals surface area contributed by atoms with E-state index < -0.39 is 0 Å². The average molecular weight is 269 g/mol. The van der Waals surface area contributed by atoms with Crippen LogP contribution < -0.4 is 5.32 Å². The molecule has 1 N–H and O–H groups in total. The van der Waals surface area contributed by atoms with Crippen LogP contribution in [0.15, 0.2) is 22.8 Å². The van der Waals surface area contributed by atoms with Crippen molar-refractivity contribution >= 4 is 27.7 Å². The zero-order valence-electron chi connectivity index (χ0n) is 8.37. The van der Waals surface area contributed by atoms with Crippen molar-refractivity contribution in [3.63, 3.8) is 0 Å². The molecule has 1 heterocycles. The van der Waals surface area contributed by atoms with Crippen LogP contribution >= 0.6 is 15.9 Å². The second-order valence-electron chi connectivity index (χ2n) is 3.88. The number of aromatic nitrogens is 1. The molecule has 1 saturated carbocycles. The van der Waals surface area contributed by atoms with E-state index in [9.17, 15) is 4.79 Å². The predicted molar refractivity (Wildman–Crippen MR) is 62.5 cm³/mol. The van der Waals surface area contributed by atoms with Crippen molar-refractivity contribution < 1.29 is 4.79 Å². The fraction of sp³-hybridized carbons (Fsp3) is 0.455. The first kappa shape index (κ1) is 10.6. The zero-order chi connectivity index (χ0) is 10.7. The van der Waals surface area contributed by atoms with Crippen LogP contribution in [-0.2, 0) is 4.79 Å². The SMILES string of the molecule is O=C(CC1CCC1)Nc1ncccc1Br. The lowest BCUT2D eigenvalue weighted by atomic mass is 9.83. The summed E-state index contributed by atoms with van der Waals surface area (Å²) in [5, 5.41) is 2.81. The molecule has 15 heavy (non-hydrogen) atoms. The van der Waals surface area contributed by atoms with Crippen molar-refractivity contribution in [2.24, 2.45) is 5.92 Å². The maximum atomic E-state index is 11.6. The summed E-state index contributed by atoms with van der Waals surface area (Å²) < 4.78 is 0.826. The molecule has 0 radical (unpaired) electrons. The standard InChI is InChI=1S/C11H13BrN2O/c12-9-5-2-6-13-11(9)14-10(15)7-8-3-1-4-8/h2,5-6,8H,1,3-4,7H2,(H,13,14,15). The van der Waals surface area contributed by atoms with E-state index in [1.165, 1.54) is 19.3 Å². The maximum absolute atomic E-state index is 11.6. The van der Waals surface area contributed by atoms with E-state index >= 15 is 0 Å². The van der Waals surface area contributed by atoms with Crippen LogP contribution in [0.25, 0.3) is 0 Å². The third-order valence-electron chi connectivity index (χ3n) is 2.72. The number of amides is 1. The molecule has 1 aliphatic carbocycles. The molecular formula is C11H13BrN2O. The number of nitrogens with one attached hydrogen (secondary N) is 1. The van der Waals surface area contributed by atoms with Crippen LogP contribution in [0.4, 0.5) is 5.82 Å². The molecule has 0 saturated heterocycles. The van der Waals surface area contributed by atoms with Crippen LogP contribution in [0, 0.1) is 5.92 Å². The number of carbonyl (C=O) groups excluding carboxylic acids is 1. The summed E-state index contributed by atoms with van der Waals surface area (Å²) in [6, 6.07) is 3.69. The third-order valence-corrected chi connectivity index (χ3v) is 3.36. The van der Waals surface area contributed by atoms with Gasteiger partial charge in [-0.15, -0.1) is 0 Å². The van der Waals surface area contributed by atoms with Gasteiger partial charge in [-0.25, -0.2) is 4.98 Å². The lowest BCUT2D eigenvalue weighted by molar-refractivity contribution is -0.117. The monoisotopic (exact) mass is 268 g/mol. The van der Waals surface area contributed by atoms with Gasteiger partial charge in [0.1, 0.15) is 5.82 Å². The fourth-order valence-corrected chi connectivity index (χ4v) is 1.97. The summed E-state index contributed by atoms with van der Waals surface area (Å²) in [6.07, 6.45) is 5.95. The first-order valence-corrected chi connectivity index (χ1v) is 5.95. The molecule has 1 aromatic heterocycles. The Balaban J connectivity index is 1.90. The molecule has 80 valence electrons. The highest BCUT2D eigenvalue weighted by Gasteiger charge is 2.20. The van der Waals surface area contributed by atoms with Gasteiger partial charge in [0.15, 0.2) is 0 Å². The second kappa shape index (κ2) is 4.75. The van der Waals surface area contributed by atoms with Gasteiger partial charge in [-0.3, -0.25) is 4.79 Å². The van der Waals surface area contributed by atoms with Gasteiger partial charge in [-0.05, 0) is 46.8 Å². The Morgan fingerprint density at radius 1 is 1.60 bits per heavy atom. The molecule has 1 fully saturated rings. The number of pyridine rings is 1. The molecule has 0 bridgehead atoms. The van der Waals surface area contributed by atoms with Crippen LogP contribution in [0.2, 0.25) is 0 Å². The van der Waals surface area contributed by atoms with Gasteiger partial charge in [0, 0.05) is 12.6 Å². The number of hydrogen-bond acceptors (Lipinski definition) is 2. The minimum Gasteiger partial charge on any atom is -0.310 e. The fourth-order valence-electron chi connectivity index (χ4n) is 1.62. The van der Waals surface area contributed by atoms with Crippen LogP contribution in [0.5, 0.6) is 0 Å². The summed E-state index contributed by atoms with van der Waals surface area (Å²) in [6.45, 7) is 0. The van der Waals surface area contributed by atoms with E-state index in [0.29, 0.717) is 18.2 Å². The molecule has 1 aromatic rings. The molecule has 2 rings (SSSR count). The topological polar surface area (TPSA) is 42.0 Å². The largest absolute Gasteiger partial charge is 0.310 e. The van der Waals surface area contributed by atoms with Crippen molar-refractivity contribution in [3.8, 4) is 0 Å². The minimum atomic E-state index is 0.0686. The predicted octanol–water partition coefficient (Wildman–Crippen LogP) is 2.97. The van der Waals surface area contributed by atoms with Crippen molar-refractivity contribution in [1.82, 2.24) is 4.98 Å². The molecule has 1 amide bonds. The first-order chi connectivity index (χ1) is 7.25. The Bertz CT molecular complexity index is 363. The summed E-state index contributed by atoms with van der Waals surface area (Å²) in [5.74, 6) is 1.27.